The zero-order valence-electron chi connectivity index (χ0n) is 8.95. The van der Waals surface area contributed by atoms with E-state index in [4.69, 9.17) is 10.5 Å². The molecule has 0 radical (unpaired) electrons. The van der Waals surface area contributed by atoms with Crippen LogP contribution in [0.1, 0.15) is 20.3 Å². The fourth-order valence-corrected chi connectivity index (χ4v) is 1.57. The predicted molar refractivity (Wildman–Crippen MR) is 54.7 cm³/mol. The smallest absolute Gasteiger partial charge is 0.225 e. The van der Waals surface area contributed by atoms with E-state index in [2.05, 4.69) is 5.32 Å². The van der Waals surface area contributed by atoms with Gasteiger partial charge < -0.3 is 15.8 Å². The quantitative estimate of drug-likeness (QED) is 0.677. The van der Waals surface area contributed by atoms with Crippen molar-refractivity contribution >= 4 is 5.91 Å². The first-order valence-corrected chi connectivity index (χ1v) is 5.24. The number of carbonyl (C=O) groups is 1. The molecule has 1 rings (SSSR count). The highest BCUT2D eigenvalue weighted by atomic mass is 16.5. The molecule has 0 spiro atoms. The van der Waals surface area contributed by atoms with Crippen molar-refractivity contribution in [2.24, 2.45) is 17.6 Å². The molecule has 14 heavy (non-hydrogen) atoms. The molecule has 1 heterocycles. The molecule has 4 nitrogen and oxygen atoms in total. The highest BCUT2D eigenvalue weighted by Crippen LogP contribution is 2.20. The van der Waals surface area contributed by atoms with Crippen molar-refractivity contribution in [2.75, 3.05) is 19.7 Å². The molecule has 1 amide bonds. The molecule has 1 fully saturated rings. The third kappa shape index (κ3) is 2.96. The van der Waals surface area contributed by atoms with Gasteiger partial charge in [-0.1, -0.05) is 6.92 Å². The molecule has 1 saturated heterocycles. The first kappa shape index (κ1) is 11.5. The van der Waals surface area contributed by atoms with Gasteiger partial charge in [-0.15, -0.1) is 0 Å². The van der Waals surface area contributed by atoms with Crippen LogP contribution in [-0.2, 0) is 9.53 Å². The predicted octanol–water partition coefficient (Wildman–Crippen LogP) is 0.122. The number of carbonyl (C=O) groups excluding carboxylic acids is 1. The van der Waals surface area contributed by atoms with E-state index in [1.165, 1.54) is 0 Å². The summed E-state index contributed by atoms with van der Waals surface area (Å²) in [5.41, 5.74) is 5.46. The van der Waals surface area contributed by atoms with Crippen LogP contribution in [0.15, 0.2) is 0 Å². The lowest BCUT2D eigenvalue weighted by Crippen LogP contribution is -2.37. The second-order valence-corrected chi connectivity index (χ2v) is 4.06. The number of rotatable bonds is 4. The van der Waals surface area contributed by atoms with Gasteiger partial charge in [0.05, 0.1) is 12.0 Å². The van der Waals surface area contributed by atoms with Gasteiger partial charge in [0.2, 0.25) is 5.91 Å². The Balaban J connectivity index is 2.27. The summed E-state index contributed by atoms with van der Waals surface area (Å²) in [5, 5.41) is 2.91. The minimum atomic E-state index is 0.0278. The number of amides is 1. The topological polar surface area (TPSA) is 64.3 Å². The van der Waals surface area contributed by atoms with Crippen LogP contribution < -0.4 is 11.1 Å². The van der Waals surface area contributed by atoms with Crippen molar-refractivity contribution in [3.63, 3.8) is 0 Å². The molecule has 0 saturated carbocycles. The molecule has 0 aromatic heterocycles. The summed E-state index contributed by atoms with van der Waals surface area (Å²) in [7, 11) is 0. The Kier molecular flexibility index (Phi) is 4.35. The summed E-state index contributed by atoms with van der Waals surface area (Å²) in [4.78, 5) is 11.6. The van der Waals surface area contributed by atoms with Crippen molar-refractivity contribution in [2.45, 2.75) is 26.4 Å². The highest BCUT2D eigenvalue weighted by molar-refractivity contribution is 5.79. The van der Waals surface area contributed by atoms with E-state index >= 15 is 0 Å². The average molecular weight is 200 g/mol. The van der Waals surface area contributed by atoms with Gasteiger partial charge in [-0.25, -0.2) is 0 Å². The van der Waals surface area contributed by atoms with Gasteiger partial charge in [0.15, 0.2) is 0 Å². The fraction of sp³-hybridized carbons (Fsp3) is 0.900. The molecule has 4 heteroatoms. The standard InChI is InChI=1S/C10H20N2O2/c1-7(5-11)6-12-10(13)9-3-4-14-8(9)2/h7-9H,3-6,11H2,1-2H3,(H,12,13). The summed E-state index contributed by atoms with van der Waals surface area (Å²) >= 11 is 0. The molecule has 1 aliphatic heterocycles. The molecule has 0 aliphatic carbocycles. The maximum absolute atomic E-state index is 11.6. The minimum absolute atomic E-state index is 0.0278. The summed E-state index contributed by atoms with van der Waals surface area (Å²) in [6.07, 6.45) is 0.896. The number of ether oxygens (including phenoxy) is 1. The zero-order chi connectivity index (χ0) is 10.6. The third-order valence-electron chi connectivity index (χ3n) is 2.74. The van der Waals surface area contributed by atoms with E-state index < -0.39 is 0 Å². The molecular formula is C10H20N2O2. The number of nitrogens with one attached hydrogen (secondary N) is 1. The normalized spacial score (nSPS) is 28.8. The van der Waals surface area contributed by atoms with E-state index in [1.54, 1.807) is 0 Å². The minimum Gasteiger partial charge on any atom is -0.378 e. The SMILES string of the molecule is CC(CN)CNC(=O)C1CCOC1C. The monoisotopic (exact) mass is 200 g/mol. The number of hydrogen-bond acceptors (Lipinski definition) is 3. The summed E-state index contributed by atoms with van der Waals surface area (Å²) < 4.78 is 5.33. The van der Waals surface area contributed by atoms with Gasteiger partial charge >= 0.3 is 0 Å². The van der Waals surface area contributed by atoms with Crippen LogP contribution in [-0.4, -0.2) is 31.7 Å². The van der Waals surface area contributed by atoms with Crippen LogP contribution in [0.2, 0.25) is 0 Å². The lowest BCUT2D eigenvalue weighted by molar-refractivity contribution is -0.126. The Labute approximate surface area is 85.2 Å². The van der Waals surface area contributed by atoms with Crippen LogP contribution in [0.3, 0.4) is 0 Å². The van der Waals surface area contributed by atoms with Crippen molar-refractivity contribution in [3.05, 3.63) is 0 Å². The largest absolute Gasteiger partial charge is 0.378 e. The number of nitrogens with two attached hydrogens (primary N) is 1. The molecule has 3 unspecified atom stereocenters. The van der Waals surface area contributed by atoms with Crippen molar-refractivity contribution in [1.82, 2.24) is 5.32 Å². The Bertz CT molecular complexity index is 197. The second-order valence-electron chi connectivity index (χ2n) is 4.06. The molecule has 3 atom stereocenters. The Hall–Kier alpha value is -0.610. The lowest BCUT2D eigenvalue weighted by atomic mass is 10.0. The molecule has 0 aromatic carbocycles. The van der Waals surface area contributed by atoms with Gasteiger partial charge in [0.25, 0.3) is 0 Å². The van der Waals surface area contributed by atoms with E-state index in [1.807, 2.05) is 13.8 Å². The molecule has 82 valence electrons. The van der Waals surface area contributed by atoms with E-state index in [0.29, 0.717) is 25.6 Å². The molecule has 1 aliphatic rings. The molecule has 0 aromatic rings. The highest BCUT2D eigenvalue weighted by Gasteiger charge is 2.30. The van der Waals surface area contributed by atoms with Gasteiger partial charge in [0.1, 0.15) is 0 Å². The van der Waals surface area contributed by atoms with E-state index in [-0.39, 0.29) is 17.9 Å². The van der Waals surface area contributed by atoms with Gasteiger partial charge in [0, 0.05) is 13.2 Å². The Morgan fingerprint density at radius 1 is 1.71 bits per heavy atom. The fourth-order valence-electron chi connectivity index (χ4n) is 1.57. The second kappa shape index (κ2) is 5.32. The van der Waals surface area contributed by atoms with Crippen LogP contribution >= 0.6 is 0 Å². The maximum Gasteiger partial charge on any atom is 0.225 e. The first-order valence-electron chi connectivity index (χ1n) is 5.24. The van der Waals surface area contributed by atoms with E-state index in [0.717, 1.165) is 6.42 Å². The maximum atomic E-state index is 11.6. The molecule has 3 N–H and O–H groups in total. The van der Waals surface area contributed by atoms with Crippen molar-refractivity contribution in [3.8, 4) is 0 Å². The van der Waals surface area contributed by atoms with Crippen molar-refractivity contribution < 1.29 is 9.53 Å². The first-order chi connectivity index (χ1) is 6.65. The van der Waals surface area contributed by atoms with Crippen LogP contribution in [0.5, 0.6) is 0 Å². The van der Waals surface area contributed by atoms with Crippen LogP contribution in [0, 0.1) is 11.8 Å². The van der Waals surface area contributed by atoms with Crippen LogP contribution in [0.25, 0.3) is 0 Å². The van der Waals surface area contributed by atoms with Crippen LogP contribution in [0.4, 0.5) is 0 Å². The summed E-state index contributed by atoms with van der Waals surface area (Å²) in [6, 6.07) is 0. The third-order valence-corrected chi connectivity index (χ3v) is 2.74. The average Bonchev–Trinajstić information content (AvgIpc) is 2.60. The van der Waals surface area contributed by atoms with E-state index in [9.17, 15) is 4.79 Å². The molecule has 0 bridgehead atoms. The van der Waals surface area contributed by atoms with Crippen molar-refractivity contribution in [1.29, 1.82) is 0 Å². The van der Waals surface area contributed by atoms with Gasteiger partial charge in [-0.05, 0) is 25.8 Å². The summed E-state index contributed by atoms with van der Waals surface area (Å²) in [5.74, 6) is 0.479. The Morgan fingerprint density at radius 2 is 2.43 bits per heavy atom. The molecular weight excluding hydrogens is 180 g/mol. The lowest BCUT2D eigenvalue weighted by Gasteiger charge is -2.16. The van der Waals surface area contributed by atoms with Gasteiger partial charge in [-0.3, -0.25) is 4.79 Å². The Morgan fingerprint density at radius 3 is 2.93 bits per heavy atom. The number of hydrogen-bond donors (Lipinski definition) is 2. The zero-order valence-corrected chi connectivity index (χ0v) is 8.95. The summed E-state index contributed by atoms with van der Waals surface area (Å²) in [6.45, 7) is 5.94. The van der Waals surface area contributed by atoms with Gasteiger partial charge in [-0.2, -0.15) is 0 Å².